The van der Waals surface area contributed by atoms with E-state index in [2.05, 4.69) is 52.0 Å². The zero-order chi connectivity index (χ0) is 16.9. The molecule has 1 fully saturated rings. The second-order valence-corrected chi connectivity index (χ2v) is 7.07. The highest BCUT2D eigenvalue weighted by atomic mass is 79.9. The number of benzene rings is 2. The van der Waals surface area contributed by atoms with E-state index in [9.17, 15) is 4.79 Å². The maximum Gasteiger partial charge on any atom is 0.227 e. The van der Waals surface area contributed by atoms with Crippen molar-refractivity contribution in [3.05, 3.63) is 64.1 Å². The number of carbonyl (C=O) groups is 1. The van der Waals surface area contributed by atoms with Crippen molar-refractivity contribution in [1.82, 2.24) is 4.90 Å². The molecular weight excluding hydrogens is 364 g/mol. The summed E-state index contributed by atoms with van der Waals surface area (Å²) in [6, 6.07) is 16.6. The smallest absolute Gasteiger partial charge is 0.227 e. The van der Waals surface area contributed by atoms with Gasteiger partial charge in [-0.3, -0.25) is 4.79 Å². The van der Waals surface area contributed by atoms with E-state index >= 15 is 0 Å². The van der Waals surface area contributed by atoms with Crippen molar-refractivity contribution < 1.29 is 4.79 Å². The Kier molecular flexibility index (Phi) is 5.56. The predicted octanol–water partition coefficient (Wildman–Crippen LogP) is 3.90. The van der Waals surface area contributed by atoms with Crippen LogP contribution in [0.2, 0.25) is 0 Å². The monoisotopic (exact) mass is 386 g/mol. The first-order chi connectivity index (χ1) is 11.7. The normalized spacial score (nSPS) is 14.8. The van der Waals surface area contributed by atoms with Crippen molar-refractivity contribution >= 4 is 27.5 Å². The number of piperazine rings is 1. The molecule has 1 amide bonds. The molecule has 1 aliphatic rings. The molecule has 0 N–H and O–H groups in total. The van der Waals surface area contributed by atoms with E-state index < -0.39 is 0 Å². The fourth-order valence-corrected chi connectivity index (χ4v) is 3.47. The van der Waals surface area contributed by atoms with E-state index in [4.69, 9.17) is 0 Å². The van der Waals surface area contributed by atoms with Gasteiger partial charge in [-0.25, -0.2) is 0 Å². The Morgan fingerprint density at radius 3 is 2.33 bits per heavy atom. The van der Waals surface area contributed by atoms with Crippen molar-refractivity contribution in [2.75, 3.05) is 31.1 Å². The Hall–Kier alpha value is -1.81. The molecule has 1 heterocycles. The van der Waals surface area contributed by atoms with Crippen LogP contribution in [0, 0.1) is 0 Å². The Balaban J connectivity index is 1.58. The van der Waals surface area contributed by atoms with Crippen LogP contribution < -0.4 is 4.90 Å². The van der Waals surface area contributed by atoms with Crippen LogP contribution >= 0.6 is 15.9 Å². The summed E-state index contributed by atoms with van der Waals surface area (Å²) in [5, 5.41) is 0. The number of carbonyl (C=O) groups excluding carboxylic acids is 1. The molecule has 1 saturated heterocycles. The van der Waals surface area contributed by atoms with E-state index in [1.807, 2.05) is 29.2 Å². The molecule has 4 heteroatoms. The summed E-state index contributed by atoms with van der Waals surface area (Å²) in [5.74, 6) is 0.223. The van der Waals surface area contributed by atoms with Gasteiger partial charge in [-0.1, -0.05) is 53.2 Å². The third kappa shape index (κ3) is 3.99. The molecule has 2 aromatic rings. The van der Waals surface area contributed by atoms with E-state index in [0.29, 0.717) is 6.42 Å². The molecule has 3 rings (SSSR count). The van der Waals surface area contributed by atoms with Gasteiger partial charge in [0.15, 0.2) is 0 Å². The van der Waals surface area contributed by atoms with Gasteiger partial charge in [0, 0.05) is 36.3 Å². The van der Waals surface area contributed by atoms with Crippen molar-refractivity contribution in [3.63, 3.8) is 0 Å². The Bertz CT molecular complexity index is 691. The summed E-state index contributed by atoms with van der Waals surface area (Å²) in [5.41, 5.74) is 3.77. The number of amides is 1. The quantitative estimate of drug-likeness (QED) is 0.795. The molecule has 0 atom stereocenters. The van der Waals surface area contributed by atoms with Gasteiger partial charge in [0.25, 0.3) is 0 Å². The van der Waals surface area contributed by atoms with Crippen LogP contribution in [-0.2, 0) is 17.6 Å². The molecule has 0 unspecified atom stereocenters. The lowest BCUT2D eigenvalue weighted by atomic mass is 10.1. The maximum absolute atomic E-state index is 12.5. The van der Waals surface area contributed by atoms with Crippen LogP contribution in [0.3, 0.4) is 0 Å². The first-order valence-electron chi connectivity index (χ1n) is 8.52. The fourth-order valence-electron chi connectivity index (χ4n) is 3.20. The van der Waals surface area contributed by atoms with Crippen LogP contribution in [0.4, 0.5) is 5.69 Å². The average Bonchev–Trinajstić information content (AvgIpc) is 2.63. The molecule has 2 aromatic carbocycles. The van der Waals surface area contributed by atoms with Crippen molar-refractivity contribution in [1.29, 1.82) is 0 Å². The molecule has 0 saturated carbocycles. The third-order valence-corrected chi connectivity index (χ3v) is 5.14. The van der Waals surface area contributed by atoms with Crippen LogP contribution in [-0.4, -0.2) is 37.0 Å². The SMILES string of the molecule is CCc1ccccc1N1CCN(C(=O)Cc2ccc(Br)cc2)CC1. The van der Waals surface area contributed by atoms with Crippen molar-refractivity contribution in [2.45, 2.75) is 19.8 Å². The summed E-state index contributed by atoms with van der Waals surface area (Å²) >= 11 is 3.43. The summed E-state index contributed by atoms with van der Waals surface area (Å²) in [6.07, 6.45) is 1.53. The summed E-state index contributed by atoms with van der Waals surface area (Å²) < 4.78 is 1.04. The Morgan fingerprint density at radius 1 is 1.00 bits per heavy atom. The number of aryl methyl sites for hydroxylation is 1. The maximum atomic E-state index is 12.5. The van der Waals surface area contributed by atoms with E-state index in [1.54, 1.807) is 0 Å². The first kappa shape index (κ1) is 17.0. The molecule has 3 nitrogen and oxygen atoms in total. The molecule has 0 aliphatic carbocycles. The van der Waals surface area contributed by atoms with Crippen molar-refractivity contribution in [3.8, 4) is 0 Å². The molecule has 1 aliphatic heterocycles. The summed E-state index contributed by atoms with van der Waals surface area (Å²) in [4.78, 5) is 16.9. The van der Waals surface area contributed by atoms with Crippen LogP contribution in [0.5, 0.6) is 0 Å². The lowest BCUT2D eigenvalue weighted by molar-refractivity contribution is -0.130. The highest BCUT2D eigenvalue weighted by molar-refractivity contribution is 9.10. The molecule has 0 radical (unpaired) electrons. The van der Waals surface area contributed by atoms with Crippen LogP contribution in [0.15, 0.2) is 53.0 Å². The third-order valence-electron chi connectivity index (χ3n) is 4.61. The lowest BCUT2D eigenvalue weighted by Crippen LogP contribution is -2.49. The molecule has 0 aromatic heterocycles. The van der Waals surface area contributed by atoms with E-state index in [0.717, 1.165) is 42.6 Å². The van der Waals surface area contributed by atoms with Gasteiger partial charge in [-0.05, 0) is 35.7 Å². The number of nitrogens with zero attached hydrogens (tertiary/aromatic N) is 2. The molecule has 0 bridgehead atoms. The predicted molar refractivity (Wildman–Crippen MR) is 102 cm³/mol. The van der Waals surface area contributed by atoms with Gasteiger partial charge < -0.3 is 9.80 Å². The van der Waals surface area contributed by atoms with Gasteiger partial charge in [0.1, 0.15) is 0 Å². The average molecular weight is 387 g/mol. The molecule has 0 spiro atoms. The minimum atomic E-state index is 0.223. The van der Waals surface area contributed by atoms with Gasteiger partial charge in [-0.2, -0.15) is 0 Å². The second kappa shape index (κ2) is 7.84. The second-order valence-electron chi connectivity index (χ2n) is 6.15. The van der Waals surface area contributed by atoms with Gasteiger partial charge in [0.2, 0.25) is 5.91 Å². The highest BCUT2D eigenvalue weighted by Crippen LogP contribution is 2.22. The van der Waals surface area contributed by atoms with Crippen molar-refractivity contribution in [2.24, 2.45) is 0 Å². The summed E-state index contributed by atoms with van der Waals surface area (Å²) in [6.45, 7) is 5.60. The molecular formula is C20H23BrN2O. The minimum Gasteiger partial charge on any atom is -0.368 e. The van der Waals surface area contributed by atoms with E-state index in [1.165, 1.54) is 11.3 Å². The first-order valence-corrected chi connectivity index (χ1v) is 9.31. The zero-order valence-electron chi connectivity index (χ0n) is 14.0. The number of para-hydroxylation sites is 1. The number of rotatable bonds is 4. The largest absolute Gasteiger partial charge is 0.368 e. The fraction of sp³-hybridized carbons (Fsp3) is 0.350. The molecule has 126 valence electrons. The zero-order valence-corrected chi connectivity index (χ0v) is 15.6. The number of halogens is 1. The summed E-state index contributed by atoms with van der Waals surface area (Å²) in [7, 11) is 0. The Labute approximate surface area is 152 Å². The topological polar surface area (TPSA) is 23.6 Å². The Morgan fingerprint density at radius 2 is 1.67 bits per heavy atom. The number of anilines is 1. The highest BCUT2D eigenvalue weighted by Gasteiger charge is 2.22. The number of hydrogen-bond acceptors (Lipinski definition) is 2. The van der Waals surface area contributed by atoms with Gasteiger partial charge in [0.05, 0.1) is 6.42 Å². The van der Waals surface area contributed by atoms with E-state index in [-0.39, 0.29) is 5.91 Å². The lowest BCUT2D eigenvalue weighted by Gasteiger charge is -2.37. The van der Waals surface area contributed by atoms with Crippen LogP contribution in [0.25, 0.3) is 0 Å². The van der Waals surface area contributed by atoms with Crippen LogP contribution in [0.1, 0.15) is 18.1 Å². The van der Waals surface area contributed by atoms with Gasteiger partial charge in [-0.15, -0.1) is 0 Å². The standard InChI is InChI=1S/C20H23BrN2O/c1-2-17-5-3-4-6-19(17)22-11-13-23(14-12-22)20(24)15-16-7-9-18(21)10-8-16/h3-10H,2,11-15H2,1H3. The molecule has 24 heavy (non-hydrogen) atoms. The minimum absolute atomic E-state index is 0.223. The number of hydrogen-bond donors (Lipinski definition) is 0. The van der Waals surface area contributed by atoms with Gasteiger partial charge >= 0.3 is 0 Å².